The molecule has 0 saturated carbocycles. The minimum Gasteiger partial charge on any atom is -0.322 e. The Morgan fingerprint density at radius 1 is 1.12 bits per heavy atom. The lowest BCUT2D eigenvalue weighted by atomic mass is 10.2. The van der Waals surface area contributed by atoms with Crippen LogP contribution in [0.5, 0.6) is 0 Å². The summed E-state index contributed by atoms with van der Waals surface area (Å²) in [5.74, 6) is -2.46. The Hall–Kier alpha value is -2.48. The van der Waals surface area contributed by atoms with Crippen LogP contribution in [0.2, 0.25) is 0 Å². The van der Waals surface area contributed by atoms with Gasteiger partial charge < -0.3 is 5.32 Å². The fraction of sp³-hybridized carbons (Fsp3) is 0.188. The number of aryl methyl sites for hydroxylation is 1. The van der Waals surface area contributed by atoms with Crippen molar-refractivity contribution in [2.75, 3.05) is 22.4 Å². The lowest BCUT2D eigenvalue weighted by Crippen LogP contribution is -2.37. The minimum absolute atomic E-state index is 0.223. The summed E-state index contributed by atoms with van der Waals surface area (Å²) in [6, 6.07) is 9.26. The highest BCUT2D eigenvalue weighted by molar-refractivity contribution is 7.92. The number of nitrogens with zero attached hydrogens (tertiary/aromatic N) is 1. The first-order valence-electron chi connectivity index (χ1n) is 6.96. The van der Waals surface area contributed by atoms with Gasteiger partial charge in [0.05, 0.1) is 17.6 Å². The van der Waals surface area contributed by atoms with E-state index in [1.165, 1.54) is 0 Å². The molecule has 128 valence electrons. The molecule has 0 heterocycles. The molecular weight excluding hydrogens is 338 g/mol. The number of hydrogen-bond donors (Lipinski definition) is 1. The zero-order valence-electron chi connectivity index (χ0n) is 13.1. The third kappa shape index (κ3) is 4.51. The number of anilines is 2. The Balaban J connectivity index is 2.20. The summed E-state index contributed by atoms with van der Waals surface area (Å²) in [6.45, 7) is 1.32. The first-order valence-corrected chi connectivity index (χ1v) is 8.81. The van der Waals surface area contributed by atoms with Gasteiger partial charge in [-0.05, 0) is 31.2 Å². The molecule has 1 amide bonds. The molecule has 0 aliphatic carbocycles. The van der Waals surface area contributed by atoms with Gasteiger partial charge in [0.1, 0.15) is 18.2 Å². The maximum absolute atomic E-state index is 13.6. The van der Waals surface area contributed by atoms with Gasteiger partial charge in [0.15, 0.2) is 0 Å². The van der Waals surface area contributed by atoms with Crippen LogP contribution in [0.3, 0.4) is 0 Å². The number of carbonyl (C=O) groups is 1. The zero-order valence-corrected chi connectivity index (χ0v) is 13.9. The second-order valence-electron chi connectivity index (χ2n) is 5.28. The quantitative estimate of drug-likeness (QED) is 0.898. The van der Waals surface area contributed by atoms with E-state index in [-0.39, 0.29) is 5.69 Å². The fourth-order valence-electron chi connectivity index (χ4n) is 2.02. The normalized spacial score (nSPS) is 11.2. The summed E-state index contributed by atoms with van der Waals surface area (Å²) in [7, 11) is -3.72. The van der Waals surface area contributed by atoms with Crippen LogP contribution in [0.15, 0.2) is 42.5 Å². The van der Waals surface area contributed by atoms with Crippen LogP contribution in [0.25, 0.3) is 0 Å². The number of benzene rings is 2. The van der Waals surface area contributed by atoms with E-state index in [1.807, 2.05) is 6.92 Å². The van der Waals surface area contributed by atoms with Crippen molar-refractivity contribution in [1.82, 2.24) is 0 Å². The number of rotatable bonds is 5. The van der Waals surface area contributed by atoms with Crippen molar-refractivity contribution in [3.8, 4) is 0 Å². The lowest BCUT2D eigenvalue weighted by molar-refractivity contribution is -0.114. The van der Waals surface area contributed by atoms with Crippen molar-refractivity contribution in [2.24, 2.45) is 0 Å². The van der Waals surface area contributed by atoms with Gasteiger partial charge in [-0.1, -0.05) is 17.7 Å². The fourth-order valence-corrected chi connectivity index (χ4v) is 2.88. The molecule has 0 atom stereocenters. The van der Waals surface area contributed by atoms with Crippen molar-refractivity contribution in [3.05, 3.63) is 59.7 Å². The number of hydrogen-bond acceptors (Lipinski definition) is 3. The molecule has 0 unspecified atom stereocenters. The Kier molecular flexibility index (Phi) is 5.18. The van der Waals surface area contributed by atoms with E-state index < -0.39 is 34.1 Å². The van der Waals surface area contributed by atoms with Crippen LogP contribution in [-0.2, 0) is 14.8 Å². The molecule has 0 bridgehead atoms. The standard InChI is InChI=1S/C16H16F2N2O3S/c1-11-3-6-13(7-4-11)20(24(2,22)23)10-16(21)19-15-8-5-12(17)9-14(15)18/h3-9H,10H2,1-2H3,(H,19,21). The highest BCUT2D eigenvalue weighted by Gasteiger charge is 2.21. The molecule has 5 nitrogen and oxygen atoms in total. The summed E-state index contributed by atoms with van der Waals surface area (Å²) in [6.07, 6.45) is 0.971. The highest BCUT2D eigenvalue weighted by atomic mass is 32.2. The van der Waals surface area contributed by atoms with Gasteiger partial charge in [-0.15, -0.1) is 0 Å². The third-order valence-corrected chi connectivity index (χ3v) is 4.36. The summed E-state index contributed by atoms with van der Waals surface area (Å²) in [5.41, 5.74) is 1.03. The molecule has 0 radical (unpaired) electrons. The van der Waals surface area contributed by atoms with Crippen molar-refractivity contribution < 1.29 is 22.0 Å². The molecule has 0 aliphatic heterocycles. The predicted octanol–water partition coefficient (Wildman–Crippen LogP) is 2.68. The van der Waals surface area contributed by atoms with Gasteiger partial charge in [-0.25, -0.2) is 17.2 Å². The van der Waals surface area contributed by atoms with Crippen LogP contribution < -0.4 is 9.62 Å². The van der Waals surface area contributed by atoms with Crippen LogP contribution in [0.4, 0.5) is 20.2 Å². The van der Waals surface area contributed by atoms with E-state index in [4.69, 9.17) is 0 Å². The van der Waals surface area contributed by atoms with Crippen LogP contribution in [0, 0.1) is 18.6 Å². The smallest absolute Gasteiger partial charge is 0.245 e. The molecule has 2 rings (SSSR count). The lowest BCUT2D eigenvalue weighted by Gasteiger charge is -2.22. The molecule has 0 spiro atoms. The Bertz CT molecular complexity index is 852. The van der Waals surface area contributed by atoms with Crippen molar-refractivity contribution in [2.45, 2.75) is 6.92 Å². The number of amides is 1. The number of nitrogens with one attached hydrogen (secondary N) is 1. The van der Waals surface area contributed by atoms with E-state index in [1.54, 1.807) is 24.3 Å². The average Bonchev–Trinajstić information content (AvgIpc) is 2.48. The van der Waals surface area contributed by atoms with Crippen LogP contribution in [-0.4, -0.2) is 27.1 Å². The molecule has 8 heteroatoms. The summed E-state index contributed by atoms with van der Waals surface area (Å²) < 4.78 is 51.2. The summed E-state index contributed by atoms with van der Waals surface area (Å²) in [5, 5.41) is 2.23. The number of halogens is 2. The van der Waals surface area contributed by atoms with Gasteiger partial charge in [-0.3, -0.25) is 9.10 Å². The van der Waals surface area contributed by atoms with E-state index in [0.717, 1.165) is 28.3 Å². The Labute approximate surface area is 139 Å². The largest absolute Gasteiger partial charge is 0.322 e. The Morgan fingerprint density at radius 3 is 2.29 bits per heavy atom. The van der Waals surface area contributed by atoms with Gasteiger partial charge in [-0.2, -0.15) is 0 Å². The second-order valence-corrected chi connectivity index (χ2v) is 7.18. The SMILES string of the molecule is Cc1ccc(N(CC(=O)Nc2ccc(F)cc2F)S(C)(=O)=O)cc1. The third-order valence-electron chi connectivity index (χ3n) is 3.21. The molecule has 0 aromatic heterocycles. The zero-order chi connectivity index (χ0) is 17.9. The maximum Gasteiger partial charge on any atom is 0.245 e. The van der Waals surface area contributed by atoms with Crippen LogP contribution >= 0.6 is 0 Å². The minimum atomic E-state index is -3.72. The molecular formula is C16H16F2N2O3S. The van der Waals surface area contributed by atoms with Gasteiger partial charge in [0.2, 0.25) is 15.9 Å². The molecule has 0 aliphatic rings. The van der Waals surface area contributed by atoms with Gasteiger partial charge >= 0.3 is 0 Å². The van der Waals surface area contributed by atoms with E-state index in [0.29, 0.717) is 11.8 Å². The number of sulfonamides is 1. The Morgan fingerprint density at radius 2 is 1.75 bits per heavy atom. The topological polar surface area (TPSA) is 66.5 Å². The molecule has 2 aromatic rings. The number of carbonyl (C=O) groups excluding carboxylic acids is 1. The summed E-state index contributed by atoms with van der Waals surface area (Å²) >= 11 is 0. The van der Waals surface area contributed by atoms with E-state index >= 15 is 0 Å². The van der Waals surface area contributed by atoms with Gasteiger partial charge in [0, 0.05) is 6.07 Å². The van der Waals surface area contributed by atoms with Crippen molar-refractivity contribution in [3.63, 3.8) is 0 Å². The van der Waals surface area contributed by atoms with Crippen molar-refractivity contribution >= 4 is 27.3 Å². The molecule has 1 N–H and O–H groups in total. The first-order chi connectivity index (χ1) is 11.2. The molecule has 0 fully saturated rings. The maximum atomic E-state index is 13.6. The molecule has 24 heavy (non-hydrogen) atoms. The first kappa shape index (κ1) is 17.9. The van der Waals surface area contributed by atoms with E-state index in [9.17, 15) is 22.0 Å². The monoisotopic (exact) mass is 354 g/mol. The van der Waals surface area contributed by atoms with Crippen LogP contribution in [0.1, 0.15) is 5.56 Å². The van der Waals surface area contributed by atoms with E-state index in [2.05, 4.69) is 5.32 Å². The summed E-state index contributed by atoms with van der Waals surface area (Å²) in [4.78, 5) is 12.1. The molecule has 0 saturated heterocycles. The highest BCUT2D eigenvalue weighted by Crippen LogP contribution is 2.19. The molecule has 2 aromatic carbocycles. The van der Waals surface area contributed by atoms with Gasteiger partial charge in [0.25, 0.3) is 0 Å². The second kappa shape index (κ2) is 6.96. The van der Waals surface area contributed by atoms with Crippen molar-refractivity contribution in [1.29, 1.82) is 0 Å². The predicted molar refractivity (Wildman–Crippen MR) is 88.4 cm³/mol. The average molecular weight is 354 g/mol.